The second kappa shape index (κ2) is 9.21. The van der Waals surface area contributed by atoms with E-state index in [1.165, 1.54) is 14.2 Å². The van der Waals surface area contributed by atoms with Crippen LogP contribution in [-0.4, -0.2) is 43.4 Å². The topological polar surface area (TPSA) is 95.0 Å². The number of esters is 2. The van der Waals surface area contributed by atoms with E-state index in [0.717, 1.165) is 11.3 Å². The number of ether oxygens (including phenoxy) is 3. The van der Waals surface area contributed by atoms with Gasteiger partial charge in [-0.05, 0) is 36.5 Å². The number of carbonyl (C=O) groups excluding carboxylic acids is 2. The van der Waals surface area contributed by atoms with Crippen LogP contribution in [0.1, 0.15) is 57.4 Å². The molecule has 0 amide bonds. The Morgan fingerprint density at radius 1 is 0.964 bits per heavy atom. The Hall–Kier alpha value is -3.09. The van der Waals surface area contributed by atoms with Crippen molar-refractivity contribution in [1.29, 1.82) is 0 Å². The second-order valence-electron chi connectivity index (χ2n) is 6.53. The van der Waals surface area contributed by atoms with Crippen molar-refractivity contribution in [2.75, 3.05) is 21.3 Å². The van der Waals surface area contributed by atoms with Crippen LogP contribution in [0.3, 0.4) is 0 Å². The van der Waals surface area contributed by atoms with Gasteiger partial charge in [-0.3, -0.25) is 4.98 Å². The highest BCUT2D eigenvalue weighted by molar-refractivity contribution is 6.06. The van der Waals surface area contributed by atoms with Gasteiger partial charge in [0.1, 0.15) is 11.3 Å². The first-order chi connectivity index (χ1) is 13.3. The summed E-state index contributed by atoms with van der Waals surface area (Å²) >= 11 is 0. The van der Waals surface area contributed by atoms with Crippen molar-refractivity contribution in [3.05, 3.63) is 52.3 Å². The van der Waals surface area contributed by atoms with Crippen LogP contribution in [0, 0.1) is 0 Å². The molecule has 2 aromatic rings. The minimum Gasteiger partial charge on any atom is -0.505 e. The minimum atomic E-state index is -0.812. The molecule has 0 saturated heterocycles. The van der Waals surface area contributed by atoms with Gasteiger partial charge in [-0.2, -0.15) is 0 Å². The lowest BCUT2D eigenvalue weighted by Crippen LogP contribution is -2.19. The van der Waals surface area contributed by atoms with Crippen molar-refractivity contribution in [2.24, 2.45) is 0 Å². The monoisotopic (exact) mass is 387 g/mol. The summed E-state index contributed by atoms with van der Waals surface area (Å²) in [6.07, 6.45) is 0.949. The van der Waals surface area contributed by atoms with Crippen LogP contribution in [0.25, 0.3) is 0 Å². The van der Waals surface area contributed by atoms with Gasteiger partial charge in [-0.1, -0.05) is 26.0 Å². The lowest BCUT2D eigenvalue weighted by Gasteiger charge is -2.17. The number of pyridine rings is 1. The highest BCUT2D eigenvalue weighted by Gasteiger charge is 2.30. The molecule has 0 atom stereocenters. The molecular weight excluding hydrogens is 362 g/mol. The molecule has 0 spiro atoms. The summed E-state index contributed by atoms with van der Waals surface area (Å²) in [5.74, 6) is -1.32. The lowest BCUT2D eigenvalue weighted by atomic mass is 9.96. The number of aryl methyl sites for hydroxylation is 2. The Kier molecular flexibility index (Phi) is 6.98. The molecule has 7 heteroatoms. The van der Waals surface area contributed by atoms with Gasteiger partial charge in [0.05, 0.1) is 38.3 Å². The Bertz CT molecular complexity index is 858. The standard InChI is InChI=1S/C21H25NO6/c1-12(2)18-19(23)17(21(25)28-5)16(20(24)27-4)15(22-18)11-8-13-6-9-14(26-3)10-7-13/h6-7,9-10,12,23H,8,11H2,1-5H3. The molecular formula is C21H25NO6. The second-order valence-corrected chi connectivity index (χ2v) is 6.53. The predicted molar refractivity (Wildman–Crippen MR) is 103 cm³/mol. The maximum Gasteiger partial charge on any atom is 0.342 e. The fourth-order valence-electron chi connectivity index (χ4n) is 2.91. The number of rotatable bonds is 7. The summed E-state index contributed by atoms with van der Waals surface area (Å²) in [4.78, 5) is 29.2. The fraction of sp³-hybridized carbons (Fsp3) is 0.381. The molecule has 0 saturated carbocycles. The van der Waals surface area contributed by atoms with Gasteiger partial charge in [0.15, 0.2) is 5.75 Å². The van der Waals surface area contributed by atoms with E-state index in [1.54, 1.807) is 7.11 Å². The van der Waals surface area contributed by atoms with Crippen molar-refractivity contribution in [3.63, 3.8) is 0 Å². The Morgan fingerprint density at radius 2 is 1.54 bits per heavy atom. The molecule has 28 heavy (non-hydrogen) atoms. The molecule has 0 radical (unpaired) electrons. The number of hydrogen-bond donors (Lipinski definition) is 1. The van der Waals surface area contributed by atoms with Crippen molar-refractivity contribution in [1.82, 2.24) is 4.98 Å². The van der Waals surface area contributed by atoms with Crippen LogP contribution in [0.4, 0.5) is 0 Å². The highest BCUT2D eigenvalue weighted by Crippen LogP contribution is 2.33. The summed E-state index contributed by atoms with van der Waals surface area (Å²) in [6, 6.07) is 7.53. The number of methoxy groups -OCH3 is 3. The average molecular weight is 387 g/mol. The highest BCUT2D eigenvalue weighted by atomic mass is 16.5. The molecule has 0 bridgehead atoms. The number of benzene rings is 1. The Labute approximate surface area is 164 Å². The number of carbonyl (C=O) groups is 2. The van der Waals surface area contributed by atoms with Gasteiger partial charge in [0.2, 0.25) is 0 Å². The van der Waals surface area contributed by atoms with Crippen LogP contribution in [0.5, 0.6) is 11.5 Å². The smallest absolute Gasteiger partial charge is 0.342 e. The van der Waals surface area contributed by atoms with Crippen molar-refractivity contribution in [2.45, 2.75) is 32.6 Å². The van der Waals surface area contributed by atoms with Crippen LogP contribution in [-0.2, 0) is 22.3 Å². The first-order valence-electron chi connectivity index (χ1n) is 8.89. The zero-order valence-corrected chi connectivity index (χ0v) is 16.7. The third kappa shape index (κ3) is 4.42. The van der Waals surface area contributed by atoms with Crippen LogP contribution >= 0.6 is 0 Å². The summed E-state index contributed by atoms with van der Waals surface area (Å²) in [6.45, 7) is 3.68. The zero-order chi connectivity index (χ0) is 20.8. The summed E-state index contributed by atoms with van der Waals surface area (Å²) < 4.78 is 14.8. The van der Waals surface area contributed by atoms with Crippen molar-refractivity contribution in [3.8, 4) is 11.5 Å². The zero-order valence-electron chi connectivity index (χ0n) is 16.7. The summed E-state index contributed by atoms with van der Waals surface area (Å²) in [5.41, 5.74) is 1.45. The van der Waals surface area contributed by atoms with Crippen LogP contribution in [0.2, 0.25) is 0 Å². The summed E-state index contributed by atoms with van der Waals surface area (Å²) in [5, 5.41) is 10.6. The number of hydrogen-bond acceptors (Lipinski definition) is 7. The molecule has 2 rings (SSSR count). The summed E-state index contributed by atoms with van der Waals surface area (Å²) in [7, 11) is 4.00. The molecule has 7 nitrogen and oxygen atoms in total. The molecule has 1 heterocycles. The third-order valence-corrected chi connectivity index (χ3v) is 4.41. The fourth-order valence-corrected chi connectivity index (χ4v) is 2.91. The molecule has 0 aliphatic heterocycles. The first-order valence-corrected chi connectivity index (χ1v) is 8.89. The molecule has 150 valence electrons. The largest absolute Gasteiger partial charge is 0.505 e. The maximum absolute atomic E-state index is 12.4. The molecule has 0 unspecified atom stereocenters. The molecule has 0 aliphatic rings. The van der Waals surface area contributed by atoms with Gasteiger partial charge in [-0.15, -0.1) is 0 Å². The van der Waals surface area contributed by atoms with E-state index in [2.05, 4.69) is 4.98 Å². The average Bonchev–Trinajstić information content (AvgIpc) is 2.71. The normalized spacial score (nSPS) is 10.6. The van der Waals surface area contributed by atoms with E-state index >= 15 is 0 Å². The van der Waals surface area contributed by atoms with E-state index in [4.69, 9.17) is 14.2 Å². The molecule has 0 fully saturated rings. The number of aromatic hydroxyl groups is 1. The van der Waals surface area contributed by atoms with E-state index in [9.17, 15) is 14.7 Å². The Morgan fingerprint density at radius 3 is 2.04 bits per heavy atom. The van der Waals surface area contributed by atoms with E-state index in [1.807, 2.05) is 38.1 Å². The van der Waals surface area contributed by atoms with Crippen LogP contribution < -0.4 is 4.74 Å². The van der Waals surface area contributed by atoms with E-state index < -0.39 is 11.9 Å². The van der Waals surface area contributed by atoms with E-state index in [-0.39, 0.29) is 22.8 Å². The van der Waals surface area contributed by atoms with Crippen LogP contribution in [0.15, 0.2) is 24.3 Å². The molecule has 1 N–H and O–H groups in total. The minimum absolute atomic E-state index is 0.0650. The van der Waals surface area contributed by atoms with Gasteiger partial charge in [-0.25, -0.2) is 9.59 Å². The SMILES string of the molecule is COC(=O)c1c(CCc2ccc(OC)cc2)nc(C(C)C)c(O)c1C(=O)OC. The predicted octanol–water partition coefficient (Wildman–Crippen LogP) is 3.28. The quantitative estimate of drug-likeness (QED) is 0.729. The van der Waals surface area contributed by atoms with E-state index in [0.29, 0.717) is 24.2 Å². The number of nitrogens with zero attached hydrogens (tertiary/aromatic N) is 1. The van der Waals surface area contributed by atoms with Crippen molar-refractivity contribution < 1.29 is 28.9 Å². The maximum atomic E-state index is 12.4. The van der Waals surface area contributed by atoms with Gasteiger partial charge in [0, 0.05) is 0 Å². The van der Waals surface area contributed by atoms with Gasteiger partial charge >= 0.3 is 11.9 Å². The van der Waals surface area contributed by atoms with Crippen molar-refractivity contribution >= 4 is 11.9 Å². The molecule has 0 aliphatic carbocycles. The first kappa shape index (κ1) is 21.2. The third-order valence-electron chi connectivity index (χ3n) is 4.41. The lowest BCUT2D eigenvalue weighted by molar-refractivity contribution is 0.0550. The molecule has 1 aromatic carbocycles. The molecule has 1 aromatic heterocycles. The number of aromatic nitrogens is 1. The van der Waals surface area contributed by atoms with Gasteiger partial charge in [0.25, 0.3) is 0 Å². The Balaban J connectivity index is 2.54. The van der Waals surface area contributed by atoms with Gasteiger partial charge < -0.3 is 19.3 Å².